The molecule has 4 rings (SSSR count). The molecule has 0 bridgehead atoms. The summed E-state index contributed by atoms with van der Waals surface area (Å²) in [6, 6.07) is 4.70. The van der Waals surface area contributed by atoms with Crippen LogP contribution < -0.4 is 10.1 Å². The van der Waals surface area contributed by atoms with E-state index in [1.165, 1.54) is 16.2 Å². The maximum absolute atomic E-state index is 13.5. The second-order valence-corrected chi connectivity index (χ2v) is 10.7. The second kappa shape index (κ2) is 8.59. The first kappa shape index (κ1) is 24.0. The second-order valence-electron chi connectivity index (χ2n) is 9.79. The van der Waals surface area contributed by atoms with E-state index in [0.717, 1.165) is 10.6 Å². The number of aromatic nitrogens is 1. The molecule has 3 heterocycles. The van der Waals surface area contributed by atoms with Gasteiger partial charge in [-0.05, 0) is 37.5 Å². The number of carbonyl (C=O) groups is 2. The van der Waals surface area contributed by atoms with E-state index in [1.54, 1.807) is 30.6 Å². The van der Waals surface area contributed by atoms with Crippen LogP contribution >= 0.6 is 11.3 Å². The molecule has 3 aromatic rings. The summed E-state index contributed by atoms with van der Waals surface area (Å²) in [6.07, 6.45) is -1.08. The van der Waals surface area contributed by atoms with Crippen LogP contribution in [0.4, 0.5) is 4.79 Å². The molecule has 3 N–H and O–H groups in total. The Kier molecular flexibility index (Phi) is 6.07. The number of carboxylic acid groups (broad SMARTS) is 1. The first-order valence-electron chi connectivity index (χ1n) is 10.9. The van der Waals surface area contributed by atoms with E-state index in [2.05, 4.69) is 10.3 Å². The first-order chi connectivity index (χ1) is 16.0. The molecule has 0 saturated carbocycles. The number of amides is 2. The number of nitrogens with zero attached hydrogens (tertiary/aromatic N) is 2. The van der Waals surface area contributed by atoms with Crippen molar-refractivity contribution in [3.63, 3.8) is 0 Å². The van der Waals surface area contributed by atoms with Crippen LogP contribution in [-0.4, -0.2) is 56.8 Å². The van der Waals surface area contributed by atoms with Gasteiger partial charge in [0.2, 0.25) is 0 Å². The van der Waals surface area contributed by atoms with Crippen molar-refractivity contribution in [1.82, 2.24) is 15.2 Å². The van der Waals surface area contributed by atoms with Crippen LogP contribution in [0.25, 0.3) is 11.0 Å². The molecule has 0 aliphatic carbocycles. The Hall–Kier alpha value is -3.11. The maximum Gasteiger partial charge on any atom is 0.407 e. The Morgan fingerprint density at radius 2 is 2.09 bits per heavy atom. The number of nitrogens with one attached hydrogen (secondary N) is 1. The highest BCUT2D eigenvalue weighted by Gasteiger charge is 2.60. The van der Waals surface area contributed by atoms with Crippen molar-refractivity contribution < 1.29 is 29.0 Å². The topological polar surface area (TPSA) is 125 Å². The molecule has 1 aromatic carbocycles. The minimum atomic E-state index is -1.10. The zero-order valence-corrected chi connectivity index (χ0v) is 20.7. The van der Waals surface area contributed by atoms with Crippen LogP contribution in [-0.2, 0) is 6.61 Å². The highest BCUT2D eigenvalue weighted by atomic mass is 32.1. The number of hydrogen-bond donors (Lipinski definition) is 3. The average molecular weight is 488 g/mol. The molecular weight excluding hydrogens is 458 g/mol. The zero-order chi connectivity index (χ0) is 24.8. The van der Waals surface area contributed by atoms with Crippen molar-refractivity contribution in [2.24, 2.45) is 5.41 Å². The number of thiazole rings is 1. The number of benzene rings is 1. The molecule has 1 aliphatic rings. The van der Waals surface area contributed by atoms with Gasteiger partial charge < -0.3 is 24.7 Å². The summed E-state index contributed by atoms with van der Waals surface area (Å²) in [7, 11) is 0. The molecule has 2 unspecified atom stereocenters. The van der Waals surface area contributed by atoms with Gasteiger partial charge in [-0.3, -0.25) is 9.69 Å². The minimum Gasteiger partial charge on any atom is -0.488 e. The molecule has 1 fully saturated rings. The summed E-state index contributed by atoms with van der Waals surface area (Å²) in [6.45, 7) is 9.27. The molecule has 2 atom stereocenters. The van der Waals surface area contributed by atoms with E-state index < -0.39 is 29.0 Å². The van der Waals surface area contributed by atoms with E-state index in [1.807, 2.05) is 27.7 Å². The van der Waals surface area contributed by atoms with E-state index >= 15 is 0 Å². The van der Waals surface area contributed by atoms with Crippen LogP contribution in [0.15, 0.2) is 28.1 Å². The van der Waals surface area contributed by atoms with E-state index in [-0.39, 0.29) is 13.2 Å². The van der Waals surface area contributed by atoms with Gasteiger partial charge >= 0.3 is 6.09 Å². The van der Waals surface area contributed by atoms with Crippen LogP contribution in [0, 0.1) is 19.3 Å². The first-order valence-corrected chi connectivity index (χ1v) is 11.8. The lowest BCUT2D eigenvalue weighted by Gasteiger charge is -2.60. The zero-order valence-electron chi connectivity index (χ0n) is 19.8. The van der Waals surface area contributed by atoms with Gasteiger partial charge in [-0.15, -0.1) is 11.3 Å². The number of aryl methyl sites for hydroxylation is 2. The lowest BCUT2D eigenvalue weighted by Crippen LogP contribution is -2.82. The highest BCUT2D eigenvalue weighted by Crippen LogP contribution is 2.41. The van der Waals surface area contributed by atoms with E-state index in [9.17, 15) is 19.8 Å². The SMILES string of the molecule is Cc1ncsc1COc1ccc2oc(C)c(C(=O)NC3(CO)CN(C(=O)O)C3C(C)(C)C)c2c1. The van der Waals surface area contributed by atoms with Gasteiger partial charge in [-0.2, -0.15) is 0 Å². The Morgan fingerprint density at radius 1 is 1.35 bits per heavy atom. The predicted molar refractivity (Wildman–Crippen MR) is 127 cm³/mol. The summed E-state index contributed by atoms with van der Waals surface area (Å²) in [5.74, 6) is 0.582. The average Bonchev–Trinajstić information content (AvgIpc) is 3.28. The number of aliphatic hydroxyl groups is 1. The Balaban J connectivity index is 1.62. The van der Waals surface area contributed by atoms with Gasteiger partial charge in [-0.1, -0.05) is 20.8 Å². The van der Waals surface area contributed by atoms with E-state index in [4.69, 9.17) is 9.15 Å². The summed E-state index contributed by atoms with van der Waals surface area (Å²) in [4.78, 5) is 31.7. The number of furan rings is 1. The Bertz CT molecular complexity index is 1240. The molecular formula is C24H29N3O6S. The molecule has 1 aliphatic heterocycles. The highest BCUT2D eigenvalue weighted by molar-refractivity contribution is 7.09. The van der Waals surface area contributed by atoms with Crippen LogP contribution in [0.2, 0.25) is 0 Å². The van der Waals surface area contributed by atoms with Crippen LogP contribution in [0.5, 0.6) is 5.75 Å². The molecule has 2 amide bonds. The molecule has 34 heavy (non-hydrogen) atoms. The van der Waals surface area contributed by atoms with Crippen molar-refractivity contribution >= 4 is 34.3 Å². The summed E-state index contributed by atoms with van der Waals surface area (Å²) in [5, 5.41) is 23.3. The molecule has 2 aromatic heterocycles. The monoisotopic (exact) mass is 487 g/mol. The Labute approximate surface area is 201 Å². The predicted octanol–water partition coefficient (Wildman–Crippen LogP) is 3.95. The normalized spacial score (nSPS) is 20.3. The molecule has 0 spiro atoms. The van der Waals surface area contributed by atoms with Crippen molar-refractivity contribution in [1.29, 1.82) is 0 Å². The fraction of sp³-hybridized carbons (Fsp3) is 0.458. The molecule has 0 radical (unpaired) electrons. The number of rotatable bonds is 6. The van der Waals surface area contributed by atoms with Crippen LogP contribution in [0.3, 0.4) is 0 Å². The number of likely N-dealkylation sites (tertiary alicyclic amines) is 1. The number of hydrogen-bond acceptors (Lipinski definition) is 7. The van der Waals surface area contributed by atoms with Gasteiger partial charge in [0, 0.05) is 5.39 Å². The van der Waals surface area contributed by atoms with Gasteiger partial charge in [0.25, 0.3) is 5.91 Å². The van der Waals surface area contributed by atoms with Gasteiger partial charge in [0.1, 0.15) is 29.2 Å². The maximum atomic E-state index is 13.5. The smallest absolute Gasteiger partial charge is 0.407 e. The van der Waals surface area contributed by atoms with Crippen molar-refractivity contribution in [2.75, 3.05) is 13.2 Å². The quantitative estimate of drug-likeness (QED) is 0.481. The molecule has 1 saturated heterocycles. The Morgan fingerprint density at radius 3 is 2.68 bits per heavy atom. The largest absolute Gasteiger partial charge is 0.488 e. The van der Waals surface area contributed by atoms with Gasteiger partial charge in [-0.25, -0.2) is 9.78 Å². The third-order valence-electron chi connectivity index (χ3n) is 6.28. The summed E-state index contributed by atoms with van der Waals surface area (Å²) < 4.78 is 11.7. The lowest BCUT2D eigenvalue weighted by molar-refractivity contribution is -0.0889. The number of ether oxygens (including phenoxy) is 1. The third-order valence-corrected chi connectivity index (χ3v) is 7.18. The van der Waals surface area contributed by atoms with Gasteiger partial charge in [0.15, 0.2) is 0 Å². The fourth-order valence-corrected chi connectivity index (χ4v) is 5.59. The molecule has 182 valence electrons. The standard InChI is InChI=1S/C24H29N3O6S/c1-13-18(34-12-25-13)9-32-15-6-7-17-16(8-15)19(14(2)33-17)20(29)26-24(11-28)10-27(22(30)31)21(24)23(3,4)5/h6-8,12,21,28H,9-11H2,1-5H3,(H,26,29)(H,30,31). The van der Waals surface area contributed by atoms with E-state index in [0.29, 0.717) is 34.6 Å². The minimum absolute atomic E-state index is 0.00387. The number of aliphatic hydroxyl groups excluding tert-OH is 1. The third kappa shape index (κ3) is 4.12. The van der Waals surface area contributed by atoms with Gasteiger partial charge in [0.05, 0.1) is 40.8 Å². The molecule has 9 nitrogen and oxygen atoms in total. The van der Waals surface area contributed by atoms with Crippen molar-refractivity contribution in [3.05, 3.63) is 45.6 Å². The van der Waals surface area contributed by atoms with Crippen LogP contribution in [0.1, 0.15) is 47.5 Å². The summed E-state index contributed by atoms with van der Waals surface area (Å²) in [5.41, 5.74) is 1.97. The fourth-order valence-electron chi connectivity index (χ4n) is 4.90. The molecule has 10 heteroatoms. The number of fused-ring (bicyclic) bond motifs is 1. The number of carbonyl (C=O) groups excluding carboxylic acids is 1. The van der Waals surface area contributed by atoms with Crippen molar-refractivity contribution in [3.8, 4) is 5.75 Å². The lowest BCUT2D eigenvalue weighted by atomic mass is 9.67. The summed E-state index contributed by atoms with van der Waals surface area (Å²) >= 11 is 1.52. The van der Waals surface area contributed by atoms with Crippen molar-refractivity contribution in [2.45, 2.75) is 52.8 Å².